The van der Waals surface area contributed by atoms with E-state index in [0.29, 0.717) is 51.2 Å². The number of carbonyl (C=O) groups excluding carboxylic acids is 15. The molecule has 11 atom stereocenters. The molecule has 14 N–H and O–H groups in total. The molecule has 0 radical (unpaired) electrons. The smallest absolute Gasteiger partial charge is 0.305 e. The number of hydrogen-bond donors (Lipinski definition) is 13. The average molecular weight is 1790 g/mol. The van der Waals surface area contributed by atoms with Crippen molar-refractivity contribution in [2.75, 3.05) is 66.4 Å². The van der Waals surface area contributed by atoms with Crippen molar-refractivity contribution in [1.29, 1.82) is 0 Å². The van der Waals surface area contributed by atoms with Crippen LogP contribution in [0.2, 0.25) is 5.02 Å². The third-order valence-corrected chi connectivity index (χ3v) is 22.6. The molecule has 682 valence electrons. The van der Waals surface area contributed by atoms with Crippen LogP contribution in [0.1, 0.15) is 100 Å². The lowest BCUT2D eigenvalue weighted by Gasteiger charge is -2.37. The zero-order valence-electron chi connectivity index (χ0n) is 72.9. The van der Waals surface area contributed by atoms with E-state index in [1.165, 1.54) is 106 Å². The van der Waals surface area contributed by atoms with Crippen LogP contribution in [0.5, 0.6) is 11.5 Å². The number of carboxylic acid groups (broad SMARTS) is 1. The van der Waals surface area contributed by atoms with Crippen LogP contribution in [0.4, 0.5) is 0 Å². The van der Waals surface area contributed by atoms with Crippen LogP contribution >= 0.6 is 23.4 Å². The number of halogens is 1. The average Bonchev–Trinajstić information content (AvgIpc) is 0.849. The molecule has 6 aromatic rings. The van der Waals surface area contributed by atoms with Crippen molar-refractivity contribution >= 4 is 118 Å². The Balaban J connectivity index is 1.33. The van der Waals surface area contributed by atoms with E-state index < -0.39 is 199 Å². The molecule has 1 saturated heterocycles. The van der Waals surface area contributed by atoms with E-state index in [1.807, 2.05) is 6.92 Å². The minimum absolute atomic E-state index is 0.0289. The number of amides is 15. The summed E-state index contributed by atoms with van der Waals surface area (Å²) in [5, 5.41) is 55.0. The highest BCUT2D eigenvalue weighted by molar-refractivity contribution is 8.00. The van der Waals surface area contributed by atoms with Crippen LogP contribution in [-0.4, -0.2) is 267 Å². The third kappa shape index (κ3) is 32.2. The molecule has 0 unspecified atom stereocenters. The van der Waals surface area contributed by atoms with Crippen molar-refractivity contribution in [1.82, 2.24) is 72.4 Å². The van der Waals surface area contributed by atoms with Gasteiger partial charge in [0.05, 0.1) is 31.8 Å². The van der Waals surface area contributed by atoms with Crippen molar-refractivity contribution in [3.05, 3.63) is 202 Å². The van der Waals surface area contributed by atoms with E-state index in [2.05, 4.69) is 47.9 Å². The van der Waals surface area contributed by atoms with Gasteiger partial charge in [0.2, 0.25) is 88.6 Å². The molecule has 1 aliphatic heterocycles. The van der Waals surface area contributed by atoms with Crippen molar-refractivity contribution < 1.29 is 92.0 Å². The monoisotopic (exact) mass is 1790 g/mol. The molecule has 0 bridgehead atoms. The van der Waals surface area contributed by atoms with Crippen molar-refractivity contribution in [3.8, 4) is 11.5 Å². The number of hydrogen-bond acceptors (Lipinski definition) is 19. The van der Waals surface area contributed by atoms with Gasteiger partial charge in [-0.1, -0.05) is 186 Å². The Morgan fingerprint density at radius 2 is 0.850 bits per heavy atom. The fourth-order valence-corrected chi connectivity index (χ4v) is 15.3. The van der Waals surface area contributed by atoms with E-state index >= 15 is 33.6 Å². The van der Waals surface area contributed by atoms with Crippen LogP contribution in [0.25, 0.3) is 0 Å². The van der Waals surface area contributed by atoms with Crippen molar-refractivity contribution in [3.63, 3.8) is 0 Å². The van der Waals surface area contributed by atoms with Gasteiger partial charge in [0.25, 0.3) is 0 Å². The van der Waals surface area contributed by atoms with Crippen LogP contribution in [0.3, 0.4) is 0 Å². The fourth-order valence-electron chi connectivity index (χ4n) is 14.3. The lowest BCUT2D eigenvalue weighted by atomic mass is 9.98. The van der Waals surface area contributed by atoms with E-state index in [0.717, 1.165) is 26.5 Å². The maximum Gasteiger partial charge on any atom is 0.305 e. The van der Waals surface area contributed by atoms with Gasteiger partial charge < -0.3 is 93.4 Å². The molecule has 0 saturated carbocycles. The molecule has 0 aromatic heterocycles. The van der Waals surface area contributed by atoms with Crippen LogP contribution in [-0.2, 0) is 115 Å². The second-order valence-electron chi connectivity index (χ2n) is 32.3. The van der Waals surface area contributed by atoms with Gasteiger partial charge in [0.1, 0.15) is 78.0 Å². The molecule has 36 heteroatoms. The number of phenols is 2. The molecule has 7 rings (SSSR count). The van der Waals surface area contributed by atoms with Gasteiger partial charge in [0, 0.05) is 84.5 Å². The molecule has 1 heterocycles. The summed E-state index contributed by atoms with van der Waals surface area (Å²) in [6, 6.07) is 26.2. The molecule has 1 aliphatic rings. The molecular formula is C91H116ClN15O19S. The highest BCUT2D eigenvalue weighted by atomic mass is 35.5. The van der Waals surface area contributed by atoms with E-state index in [-0.39, 0.29) is 74.5 Å². The number of primary amides is 1. The number of phenolic OH excluding ortho intramolecular Hbond substituents is 2. The molecule has 6 aromatic carbocycles. The van der Waals surface area contributed by atoms with Crippen LogP contribution in [0, 0.1) is 11.8 Å². The van der Waals surface area contributed by atoms with Gasteiger partial charge in [0.15, 0.2) is 0 Å². The van der Waals surface area contributed by atoms with E-state index in [1.54, 1.807) is 131 Å². The second kappa shape index (κ2) is 49.7. The Labute approximate surface area is 747 Å². The largest absolute Gasteiger partial charge is 0.508 e. The highest BCUT2D eigenvalue weighted by Gasteiger charge is 2.42. The van der Waals surface area contributed by atoms with Gasteiger partial charge in [-0.2, -0.15) is 0 Å². The van der Waals surface area contributed by atoms with Gasteiger partial charge in [-0.3, -0.25) is 76.7 Å². The maximum atomic E-state index is 15.5. The number of rotatable bonds is 23. The molecule has 1 fully saturated rings. The predicted molar refractivity (Wildman–Crippen MR) is 475 cm³/mol. The van der Waals surface area contributed by atoms with Crippen LogP contribution < -0.4 is 53.6 Å². The summed E-state index contributed by atoms with van der Waals surface area (Å²) in [6.07, 6.45) is -1.57. The first kappa shape index (κ1) is 101. The quantitative estimate of drug-likeness (QED) is 0.0438. The topological polar surface area (TPSA) is 484 Å². The number of benzene rings is 6. The van der Waals surface area contributed by atoms with Crippen LogP contribution in [0.15, 0.2) is 164 Å². The third-order valence-electron chi connectivity index (χ3n) is 21.3. The number of likely N-dealkylation sites (N-methyl/N-ethyl adjacent to an activating group) is 5. The Kier molecular flexibility index (Phi) is 39.6. The summed E-state index contributed by atoms with van der Waals surface area (Å²) in [4.78, 5) is 239. The lowest BCUT2D eigenvalue weighted by molar-refractivity contribution is -0.151. The summed E-state index contributed by atoms with van der Waals surface area (Å²) in [5.74, 6) is -17.5. The Morgan fingerprint density at radius 1 is 0.449 bits per heavy atom. The number of aromatic hydroxyl groups is 2. The van der Waals surface area contributed by atoms with Gasteiger partial charge in [-0.05, 0) is 94.5 Å². The first-order chi connectivity index (χ1) is 60.3. The van der Waals surface area contributed by atoms with Crippen molar-refractivity contribution in [2.45, 2.75) is 172 Å². The number of unbranched alkanes of at least 4 members (excludes halogenated alkanes) is 1. The van der Waals surface area contributed by atoms with E-state index in [4.69, 9.17) is 17.3 Å². The van der Waals surface area contributed by atoms with E-state index in [9.17, 15) is 58.5 Å². The lowest BCUT2D eigenvalue weighted by Crippen LogP contribution is -2.61. The number of nitrogens with two attached hydrogens (primary N) is 1. The van der Waals surface area contributed by atoms with Crippen molar-refractivity contribution in [2.24, 2.45) is 17.6 Å². The number of carbonyl (C=O) groups is 16. The summed E-state index contributed by atoms with van der Waals surface area (Å²) < 4.78 is 0. The summed E-state index contributed by atoms with van der Waals surface area (Å²) in [5.41, 5.74) is 8.35. The number of thioether (sulfide) groups is 1. The molecule has 15 amide bonds. The fraction of sp³-hybridized carbons (Fsp3) is 0.429. The first-order valence-corrected chi connectivity index (χ1v) is 43.3. The maximum absolute atomic E-state index is 15.5. The SMILES string of the molecule is CCCC[C@H]1C(=O)N(C)CC(=O)N[C@@H](CC(=O)O)C(=O)N[C@@H](C(C)C)C(=O)N(C)[C@@H](Cc2ccccc2)C(=O)N[C@@H](Cc2ccc(O)cc2)C(=O)N(C)CC(=O)N[C@@H](Cc2ccc(Cl)cc2)C(=O)N[C@@H](Cc2ccc(O)cc2)C(=O)N[C@@H](CC(C)C)C(=O)N[C@H](C(=O)NCC(N)=O)CSCC(=O)N[C@@H](Cc2ccccc2)C(=O)N(C)[C@@H](Cc2ccccc2)C(=O)N1C. The minimum atomic E-state index is -1.91. The van der Waals surface area contributed by atoms with Gasteiger partial charge in [-0.15, -0.1) is 11.8 Å². The number of nitrogens with zero attached hydrogens (tertiary/aromatic N) is 5. The van der Waals surface area contributed by atoms with Gasteiger partial charge in [-0.25, -0.2) is 0 Å². The Morgan fingerprint density at radius 3 is 1.34 bits per heavy atom. The number of nitrogens with one attached hydrogen (secondary N) is 9. The summed E-state index contributed by atoms with van der Waals surface area (Å²) >= 11 is 7.13. The normalized spacial score (nSPS) is 22.0. The molecule has 34 nitrogen and oxygen atoms in total. The zero-order chi connectivity index (χ0) is 93.3. The predicted octanol–water partition coefficient (Wildman–Crippen LogP) is 2.50. The number of carboxylic acids is 1. The standard InChI is InChI=1S/C91H116ClN15O19S/c1-11-12-28-72-89(124)104(7)51-77(112)96-68(48-79(114)115)85(120)102-80(55(4)5)91(126)106(9)73(46-57-24-18-14-19-25-57)86(121)100-69(45-61-33-39-64(109)40-34-61)87(122)103(6)50-76(111)95-66(42-59-29-35-62(92)36-30-59)83(118)99-67(43-60-31-37-63(108)38-32-60)84(119)98-65(41-54(2)3)82(117)101-71(81(116)94-49-75(93)110)52-127-53-78(113)97-70(44-56-22-16-13-17-23-56)88(123)107(10)74(90(125)105(72)8)47-58-26-20-15-21-27-58/h13-27,29-40,54-55,65-74,80,108-109H,11-12,28,41-53H2,1-10H3,(H2,93,110)(H,94,116)(H,95,111)(H,96,112)(H,97,113)(H,98,119)(H,99,118)(H,100,121)(H,101,117)(H,102,120)(H,114,115)/t65-,66-,67-,68-,69-,70-,71-,72-,73-,74-,80-/m0/s1. The minimum Gasteiger partial charge on any atom is -0.508 e. The first-order valence-electron chi connectivity index (χ1n) is 41.8. The summed E-state index contributed by atoms with van der Waals surface area (Å²) in [6.45, 7) is 6.14. The molecule has 127 heavy (non-hydrogen) atoms. The zero-order valence-corrected chi connectivity index (χ0v) is 74.5. The molecule has 0 spiro atoms. The molecular weight excluding hydrogens is 1670 g/mol. The van der Waals surface area contributed by atoms with Gasteiger partial charge >= 0.3 is 5.97 Å². The number of aliphatic carboxylic acids is 1. The second-order valence-corrected chi connectivity index (χ2v) is 33.8. The highest BCUT2D eigenvalue weighted by Crippen LogP contribution is 2.23. The Bertz CT molecular complexity index is 4790. The summed E-state index contributed by atoms with van der Waals surface area (Å²) in [7, 11) is 6.51. The Hall–Kier alpha value is -12.9. The molecule has 0 aliphatic carbocycles.